The fourth-order valence-electron chi connectivity index (χ4n) is 3.83. The number of likely N-dealkylation sites (tertiary alicyclic amines) is 1. The lowest BCUT2D eigenvalue weighted by Crippen LogP contribution is -2.42. The van der Waals surface area contributed by atoms with Crippen LogP contribution in [0.5, 0.6) is 0 Å². The number of carbonyl (C=O) groups excluding carboxylic acids is 1. The summed E-state index contributed by atoms with van der Waals surface area (Å²) in [6.45, 7) is 7.85. The first kappa shape index (κ1) is 16.4. The molecule has 0 unspecified atom stereocenters. The molecule has 1 N–H and O–H groups in total. The first-order chi connectivity index (χ1) is 11.1. The van der Waals surface area contributed by atoms with Crippen molar-refractivity contribution in [3.05, 3.63) is 30.1 Å². The third-order valence-corrected chi connectivity index (χ3v) is 4.84. The summed E-state index contributed by atoms with van der Waals surface area (Å²) >= 11 is 0. The minimum atomic E-state index is 0.0966. The van der Waals surface area contributed by atoms with Gasteiger partial charge in [0.1, 0.15) is 0 Å². The van der Waals surface area contributed by atoms with Crippen LogP contribution in [-0.2, 0) is 16.1 Å². The Morgan fingerprint density at radius 2 is 2.39 bits per heavy atom. The van der Waals surface area contributed by atoms with Gasteiger partial charge in [0, 0.05) is 37.4 Å². The lowest BCUT2D eigenvalue weighted by molar-refractivity contribution is -0.124. The van der Waals surface area contributed by atoms with Gasteiger partial charge in [-0.2, -0.15) is 0 Å². The standard InChI is InChI=1S/C18H27N3O2/c1-13(2)20-18(22)8-17-16-5-7-21(11-15(16)12-23-17)10-14-4-3-6-19-9-14/h3-4,6,9,13,15-17H,5,7-8,10-12H2,1-2H3,(H,20,22)/t15-,16-,17+/m1/s1. The number of nitrogens with one attached hydrogen (secondary N) is 1. The van der Waals surface area contributed by atoms with E-state index < -0.39 is 0 Å². The maximum absolute atomic E-state index is 12.0. The molecule has 2 aliphatic rings. The van der Waals surface area contributed by atoms with Gasteiger partial charge in [-0.25, -0.2) is 0 Å². The fraction of sp³-hybridized carbons (Fsp3) is 0.667. The minimum Gasteiger partial charge on any atom is -0.377 e. The minimum absolute atomic E-state index is 0.0966. The third-order valence-electron chi connectivity index (χ3n) is 4.84. The Morgan fingerprint density at radius 1 is 1.52 bits per heavy atom. The molecule has 3 rings (SSSR count). The van der Waals surface area contributed by atoms with Crippen molar-refractivity contribution in [3.8, 4) is 0 Å². The van der Waals surface area contributed by atoms with Gasteiger partial charge >= 0.3 is 0 Å². The molecule has 1 aromatic heterocycles. The van der Waals surface area contributed by atoms with Crippen molar-refractivity contribution in [2.75, 3.05) is 19.7 Å². The summed E-state index contributed by atoms with van der Waals surface area (Å²) in [5.41, 5.74) is 1.26. The Balaban J connectivity index is 1.51. The van der Waals surface area contributed by atoms with Gasteiger partial charge in [0.2, 0.25) is 5.91 Å². The molecule has 0 bridgehead atoms. The van der Waals surface area contributed by atoms with Crippen molar-refractivity contribution in [2.24, 2.45) is 11.8 Å². The summed E-state index contributed by atoms with van der Waals surface area (Å²) in [6.07, 6.45) is 5.47. The van der Waals surface area contributed by atoms with Crippen molar-refractivity contribution >= 4 is 5.91 Å². The number of ether oxygens (including phenoxy) is 1. The van der Waals surface area contributed by atoms with Crippen LogP contribution in [0.15, 0.2) is 24.5 Å². The number of fused-ring (bicyclic) bond motifs is 1. The molecule has 2 fully saturated rings. The summed E-state index contributed by atoms with van der Waals surface area (Å²) in [7, 11) is 0. The highest BCUT2D eigenvalue weighted by molar-refractivity contribution is 5.76. The number of pyridine rings is 1. The number of piperidine rings is 1. The molecule has 0 spiro atoms. The normalized spacial score (nSPS) is 27.9. The molecule has 126 valence electrons. The van der Waals surface area contributed by atoms with Crippen molar-refractivity contribution in [1.82, 2.24) is 15.2 Å². The molecule has 0 aliphatic carbocycles. The van der Waals surface area contributed by atoms with Crippen LogP contribution in [0.25, 0.3) is 0 Å². The van der Waals surface area contributed by atoms with Crippen molar-refractivity contribution in [3.63, 3.8) is 0 Å². The number of amides is 1. The van der Waals surface area contributed by atoms with Crippen LogP contribution < -0.4 is 5.32 Å². The number of hydrogen-bond acceptors (Lipinski definition) is 4. The summed E-state index contributed by atoms with van der Waals surface area (Å²) < 4.78 is 5.95. The quantitative estimate of drug-likeness (QED) is 0.900. The molecule has 2 aliphatic heterocycles. The lowest BCUT2D eigenvalue weighted by Gasteiger charge is -2.35. The van der Waals surface area contributed by atoms with Crippen molar-refractivity contribution in [2.45, 2.75) is 45.4 Å². The zero-order valence-electron chi connectivity index (χ0n) is 14.1. The van der Waals surface area contributed by atoms with E-state index in [0.29, 0.717) is 18.3 Å². The van der Waals surface area contributed by atoms with Crippen LogP contribution in [-0.4, -0.2) is 47.6 Å². The van der Waals surface area contributed by atoms with Crippen molar-refractivity contribution in [1.29, 1.82) is 0 Å². The van der Waals surface area contributed by atoms with Gasteiger partial charge in [-0.05, 0) is 44.4 Å². The predicted molar refractivity (Wildman–Crippen MR) is 88.7 cm³/mol. The number of aromatic nitrogens is 1. The van der Waals surface area contributed by atoms with Crippen LogP contribution in [0.1, 0.15) is 32.3 Å². The Bertz CT molecular complexity index is 520. The second-order valence-corrected chi connectivity index (χ2v) is 7.11. The maximum Gasteiger partial charge on any atom is 0.222 e. The van der Waals surface area contributed by atoms with Gasteiger partial charge in [-0.3, -0.25) is 14.7 Å². The molecule has 3 atom stereocenters. The smallest absolute Gasteiger partial charge is 0.222 e. The van der Waals surface area contributed by atoms with Gasteiger partial charge in [-0.1, -0.05) is 6.07 Å². The van der Waals surface area contributed by atoms with Crippen LogP contribution in [0.2, 0.25) is 0 Å². The Morgan fingerprint density at radius 3 is 3.13 bits per heavy atom. The van der Waals surface area contributed by atoms with E-state index >= 15 is 0 Å². The SMILES string of the molecule is CC(C)NC(=O)C[C@@H]1OC[C@H]2CN(Cc3cccnc3)CC[C@H]21. The predicted octanol–water partition coefficient (Wildman–Crippen LogP) is 1.83. The molecule has 5 heteroatoms. The average molecular weight is 317 g/mol. The summed E-state index contributed by atoms with van der Waals surface area (Å²) in [6, 6.07) is 4.31. The second-order valence-electron chi connectivity index (χ2n) is 7.11. The summed E-state index contributed by atoms with van der Waals surface area (Å²) in [4.78, 5) is 18.7. The topological polar surface area (TPSA) is 54.5 Å². The molecule has 0 saturated carbocycles. The van der Waals surface area contributed by atoms with E-state index in [1.807, 2.05) is 32.3 Å². The van der Waals surface area contributed by atoms with Crippen molar-refractivity contribution < 1.29 is 9.53 Å². The van der Waals surface area contributed by atoms with Crippen LogP contribution >= 0.6 is 0 Å². The highest BCUT2D eigenvalue weighted by Gasteiger charge is 2.41. The Hall–Kier alpha value is -1.46. The van der Waals surface area contributed by atoms with E-state index in [2.05, 4.69) is 21.3 Å². The number of carbonyl (C=O) groups is 1. The van der Waals surface area contributed by atoms with E-state index in [-0.39, 0.29) is 18.1 Å². The van der Waals surface area contributed by atoms with Gasteiger partial charge in [-0.15, -0.1) is 0 Å². The zero-order valence-corrected chi connectivity index (χ0v) is 14.1. The molecule has 0 radical (unpaired) electrons. The largest absolute Gasteiger partial charge is 0.377 e. The number of rotatable bonds is 5. The summed E-state index contributed by atoms with van der Waals surface area (Å²) in [5, 5.41) is 2.97. The molecule has 0 aromatic carbocycles. The van der Waals surface area contributed by atoms with Gasteiger partial charge in [0.25, 0.3) is 0 Å². The summed E-state index contributed by atoms with van der Waals surface area (Å²) in [5.74, 6) is 1.19. The first-order valence-electron chi connectivity index (χ1n) is 8.64. The maximum atomic E-state index is 12.0. The van der Waals surface area contributed by atoms with E-state index in [0.717, 1.165) is 32.7 Å². The van der Waals surface area contributed by atoms with Crippen LogP contribution in [0.3, 0.4) is 0 Å². The lowest BCUT2D eigenvalue weighted by atomic mass is 9.83. The highest BCUT2D eigenvalue weighted by atomic mass is 16.5. The zero-order chi connectivity index (χ0) is 16.2. The van der Waals surface area contributed by atoms with E-state index in [4.69, 9.17) is 4.74 Å². The van der Waals surface area contributed by atoms with Gasteiger partial charge in [0.05, 0.1) is 19.1 Å². The van der Waals surface area contributed by atoms with Crippen LogP contribution in [0.4, 0.5) is 0 Å². The van der Waals surface area contributed by atoms with Crippen LogP contribution in [0, 0.1) is 11.8 Å². The molecule has 5 nitrogen and oxygen atoms in total. The fourth-order valence-corrected chi connectivity index (χ4v) is 3.83. The van der Waals surface area contributed by atoms with Gasteiger partial charge < -0.3 is 10.1 Å². The Kier molecular flexibility index (Phi) is 5.28. The first-order valence-corrected chi connectivity index (χ1v) is 8.64. The average Bonchev–Trinajstić information content (AvgIpc) is 2.90. The number of nitrogens with zero attached hydrogens (tertiary/aromatic N) is 2. The third kappa shape index (κ3) is 4.30. The monoisotopic (exact) mass is 317 g/mol. The molecular formula is C18H27N3O2. The highest BCUT2D eigenvalue weighted by Crippen LogP contribution is 2.36. The molecule has 23 heavy (non-hydrogen) atoms. The molecule has 1 amide bonds. The number of hydrogen-bond donors (Lipinski definition) is 1. The van der Waals surface area contributed by atoms with E-state index in [9.17, 15) is 4.79 Å². The van der Waals surface area contributed by atoms with E-state index in [1.165, 1.54) is 5.56 Å². The second kappa shape index (κ2) is 7.41. The Labute approximate surface area is 138 Å². The van der Waals surface area contributed by atoms with E-state index in [1.54, 1.807) is 0 Å². The molecule has 2 saturated heterocycles. The van der Waals surface area contributed by atoms with Gasteiger partial charge in [0.15, 0.2) is 0 Å². The molecular weight excluding hydrogens is 290 g/mol. The molecule has 1 aromatic rings. The molecule has 3 heterocycles.